The van der Waals surface area contributed by atoms with Gasteiger partial charge in [0.15, 0.2) is 0 Å². The van der Waals surface area contributed by atoms with Crippen LogP contribution in [0.3, 0.4) is 0 Å². The van der Waals surface area contributed by atoms with E-state index in [-0.39, 0.29) is 12.7 Å². The van der Waals surface area contributed by atoms with Crippen molar-refractivity contribution in [3.05, 3.63) is 42.2 Å². The molecule has 2 atom stereocenters. The van der Waals surface area contributed by atoms with Gasteiger partial charge in [0.05, 0.1) is 32.6 Å². The van der Waals surface area contributed by atoms with Gasteiger partial charge in [-0.3, -0.25) is 9.58 Å². The number of hydrogen-bond donors (Lipinski definition) is 1. The van der Waals surface area contributed by atoms with Crippen molar-refractivity contribution in [3.8, 4) is 11.5 Å². The maximum Gasteiger partial charge on any atom is 0.119 e. The van der Waals surface area contributed by atoms with Crippen molar-refractivity contribution in [1.82, 2.24) is 14.7 Å². The van der Waals surface area contributed by atoms with Crippen LogP contribution >= 0.6 is 0 Å². The van der Waals surface area contributed by atoms with Gasteiger partial charge in [0.1, 0.15) is 24.2 Å². The highest BCUT2D eigenvalue weighted by Gasteiger charge is 2.23. The van der Waals surface area contributed by atoms with E-state index in [2.05, 4.69) is 10.00 Å². The zero-order valence-electron chi connectivity index (χ0n) is 15.4. The number of aryl methyl sites for hydroxylation is 1. The molecular formula is C19H27N3O4. The van der Waals surface area contributed by atoms with Crippen molar-refractivity contribution >= 4 is 0 Å². The molecule has 1 aromatic carbocycles. The molecule has 7 nitrogen and oxygen atoms in total. The first-order valence-corrected chi connectivity index (χ1v) is 8.90. The van der Waals surface area contributed by atoms with Crippen LogP contribution in [0, 0.1) is 6.92 Å². The molecule has 1 N–H and O–H groups in total. The van der Waals surface area contributed by atoms with E-state index >= 15 is 0 Å². The molecule has 1 aromatic heterocycles. The van der Waals surface area contributed by atoms with E-state index in [0.717, 1.165) is 36.7 Å². The molecule has 0 saturated carbocycles. The van der Waals surface area contributed by atoms with Gasteiger partial charge in [-0.15, -0.1) is 0 Å². The molecule has 0 spiro atoms. The lowest BCUT2D eigenvalue weighted by atomic mass is 10.2. The van der Waals surface area contributed by atoms with Crippen molar-refractivity contribution < 1.29 is 19.3 Å². The molecule has 0 amide bonds. The first-order chi connectivity index (χ1) is 12.6. The monoisotopic (exact) mass is 361 g/mol. The number of benzene rings is 1. The van der Waals surface area contributed by atoms with E-state index in [1.54, 1.807) is 7.11 Å². The first kappa shape index (κ1) is 18.7. The van der Waals surface area contributed by atoms with E-state index in [1.807, 2.05) is 48.3 Å². The largest absolute Gasteiger partial charge is 0.497 e. The number of ether oxygens (including phenoxy) is 3. The molecule has 3 rings (SSSR count). The van der Waals surface area contributed by atoms with E-state index in [0.29, 0.717) is 13.2 Å². The lowest BCUT2D eigenvalue weighted by molar-refractivity contribution is -0.0517. The van der Waals surface area contributed by atoms with Gasteiger partial charge in [-0.2, -0.15) is 5.10 Å². The molecule has 142 valence electrons. The highest BCUT2D eigenvalue weighted by Crippen LogP contribution is 2.17. The van der Waals surface area contributed by atoms with Gasteiger partial charge in [-0.25, -0.2) is 0 Å². The fourth-order valence-electron chi connectivity index (χ4n) is 3.05. The lowest BCUT2D eigenvalue weighted by Crippen LogP contribution is -2.47. The Balaban J connectivity index is 1.42. The van der Waals surface area contributed by atoms with Crippen LogP contribution in [-0.2, 0) is 11.3 Å². The summed E-state index contributed by atoms with van der Waals surface area (Å²) in [6.07, 6.45) is 3.39. The summed E-state index contributed by atoms with van der Waals surface area (Å²) < 4.78 is 18.5. The number of hydrogen-bond acceptors (Lipinski definition) is 6. The lowest BCUT2D eigenvalue weighted by Gasteiger charge is -2.34. The predicted molar refractivity (Wildman–Crippen MR) is 97.6 cm³/mol. The zero-order chi connectivity index (χ0) is 18.4. The highest BCUT2D eigenvalue weighted by molar-refractivity contribution is 5.31. The molecule has 1 aliphatic heterocycles. The molecule has 0 radical (unpaired) electrons. The SMILES string of the molecule is COc1ccc(OCC(O)CN2CCOC(Cn3cc(C)cn3)C2)cc1. The van der Waals surface area contributed by atoms with E-state index in [9.17, 15) is 5.11 Å². The molecule has 2 heterocycles. The third-order valence-electron chi connectivity index (χ3n) is 4.35. The van der Waals surface area contributed by atoms with Crippen molar-refractivity contribution in [2.24, 2.45) is 0 Å². The second-order valence-corrected chi connectivity index (χ2v) is 6.63. The maximum atomic E-state index is 10.3. The third-order valence-corrected chi connectivity index (χ3v) is 4.35. The summed E-state index contributed by atoms with van der Waals surface area (Å²) in [6.45, 7) is 5.82. The number of nitrogens with zero attached hydrogens (tertiary/aromatic N) is 3. The van der Waals surface area contributed by atoms with Crippen LogP contribution in [0.1, 0.15) is 5.56 Å². The number of β-amino-alcohol motifs (C(OH)–C–C–N with tert-alkyl or cyclic N) is 1. The highest BCUT2D eigenvalue weighted by atomic mass is 16.5. The molecular weight excluding hydrogens is 334 g/mol. The summed E-state index contributed by atoms with van der Waals surface area (Å²) in [5, 5.41) is 14.6. The smallest absolute Gasteiger partial charge is 0.119 e. The Morgan fingerprint density at radius 3 is 2.77 bits per heavy atom. The van der Waals surface area contributed by atoms with Crippen LogP contribution < -0.4 is 9.47 Å². The molecule has 2 unspecified atom stereocenters. The normalized spacial score (nSPS) is 19.3. The number of aliphatic hydroxyl groups is 1. The fourth-order valence-corrected chi connectivity index (χ4v) is 3.05. The topological polar surface area (TPSA) is 69.0 Å². The molecule has 0 aliphatic carbocycles. The van der Waals surface area contributed by atoms with Crippen LogP contribution in [-0.4, -0.2) is 72.0 Å². The number of aliphatic hydroxyl groups excluding tert-OH is 1. The number of aromatic nitrogens is 2. The Morgan fingerprint density at radius 1 is 1.31 bits per heavy atom. The fraction of sp³-hybridized carbons (Fsp3) is 0.526. The number of morpholine rings is 1. The Kier molecular flexibility index (Phi) is 6.49. The molecule has 26 heavy (non-hydrogen) atoms. The Bertz CT molecular complexity index is 674. The van der Waals surface area contributed by atoms with Crippen LogP contribution in [0.25, 0.3) is 0 Å². The van der Waals surface area contributed by atoms with E-state index in [1.165, 1.54) is 0 Å². The third kappa shape index (κ3) is 5.45. The van der Waals surface area contributed by atoms with Crippen LogP contribution in [0.5, 0.6) is 11.5 Å². The minimum atomic E-state index is -0.553. The summed E-state index contributed by atoms with van der Waals surface area (Å²) in [4.78, 5) is 2.21. The molecule has 2 aromatic rings. The van der Waals surface area contributed by atoms with Gasteiger partial charge in [-0.05, 0) is 36.8 Å². The summed E-state index contributed by atoms with van der Waals surface area (Å²) in [5.41, 5.74) is 1.14. The van der Waals surface area contributed by atoms with E-state index < -0.39 is 6.10 Å². The van der Waals surface area contributed by atoms with Gasteiger partial charge in [0.2, 0.25) is 0 Å². The minimum Gasteiger partial charge on any atom is -0.497 e. The number of methoxy groups -OCH3 is 1. The molecule has 1 saturated heterocycles. The molecule has 0 bridgehead atoms. The molecule has 1 aliphatic rings. The van der Waals surface area contributed by atoms with Gasteiger partial charge < -0.3 is 19.3 Å². The first-order valence-electron chi connectivity index (χ1n) is 8.90. The standard InChI is InChI=1S/C19H27N3O4/c1-15-9-20-22(10-15)13-19-12-21(7-8-25-19)11-16(23)14-26-18-5-3-17(24-2)4-6-18/h3-6,9-10,16,19,23H,7-8,11-14H2,1-2H3. The van der Waals surface area contributed by atoms with Gasteiger partial charge in [0.25, 0.3) is 0 Å². The van der Waals surface area contributed by atoms with Crippen molar-refractivity contribution in [1.29, 1.82) is 0 Å². The Labute approximate surface area is 154 Å². The van der Waals surface area contributed by atoms with Gasteiger partial charge in [0, 0.05) is 25.8 Å². The molecule has 7 heteroatoms. The summed E-state index contributed by atoms with van der Waals surface area (Å²) in [5.74, 6) is 1.50. The summed E-state index contributed by atoms with van der Waals surface area (Å²) >= 11 is 0. The van der Waals surface area contributed by atoms with Crippen LogP contribution in [0.2, 0.25) is 0 Å². The summed E-state index contributed by atoms with van der Waals surface area (Å²) in [6, 6.07) is 7.35. The quantitative estimate of drug-likeness (QED) is 0.765. The van der Waals surface area contributed by atoms with E-state index in [4.69, 9.17) is 14.2 Å². The van der Waals surface area contributed by atoms with Crippen LogP contribution in [0.15, 0.2) is 36.7 Å². The molecule has 1 fully saturated rings. The van der Waals surface area contributed by atoms with Gasteiger partial charge >= 0.3 is 0 Å². The van der Waals surface area contributed by atoms with Crippen molar-refractivity contribution in [2.45, 2.75) is 25.7 Å². The average Bonchev–Trinajstić information content (AvgIpc) is 3.05. The minimum absolute atomic E-state index is 0.0813. The predicted octanol–water partition coefficient (Wildman–Crippen LogP) is 1.34. The van der Waals surface area contributed by atoms with Gasteiger partial charge in [-0.1, -0.05) is 0 Å². The average molecular weight is 361 g/mol. The van der Waals surface area contributed by atoms with Crippen molar-refractivity contribution in [2.75, 3.05) is 40.0 Å². The Morgan fingerprint density at radius 2 is 2.08 bits per heavy atom. The summed E-state index contributed by atoms with van der Waals surface area (Å²) in [7, 11) is 1.63. The second-order valence-electron chi connectivity index (χ2n) is 6.63. The van der Waals surface area contributed by atoms with Crippen molar-refractivity contribution in [3.63, 3.8) is 0 Å². The Hall–Kier alpha value is -2.09. The van der Waals surface area contributed by atoms with Crippen LogP contribution in [0.4, 0.5) is 0 Å². The zero-order valence-corrected chi connectivity index (χ0v) is 15.4. The second kappa shape index (κ2) is 9.02. The maximum absolute atomic E-state index is 10.3. The number of rotatable bonds is 8.